The predicted octanol–water partition coefficient (Wildman–Crippen LogP) is 0.686. The lowest BCUT2D eigenvalue weighted by Gasteiger charge is -2.16. The van der Waals surface area contributed by atoms with Crippen LogP contribution < -0.4 is 10.0 Å². The molecule has 6 heteroatoms. The van der Waals surface area contributed by atoms with Crippen LogP contribution in [0.1, 0.15) is 25.0 Å². The summed E-state index contributed by atoms with van der Waals surface area (Å²) in [4.78, 5) is 4.14. The zero-order valence-electron chi connectivity index (χ0n) is 11.0. The summed E-state index contributed by atoms with van der Waals surface area (Å²) in [5.74, 6) is 0.0977. The van der Waals surface area contributed by atoms with Gasteiger partial charge < -0.3 is 5.32 Å². The smallest absolute Gasteiger partial charge is 0.212 e. The minimum atomic E-state index is -3.23. The average Bonchev–Trinajstić information content (AvgIpc) is 2.66. The summed E-state index contributed by atoms with van der Waals surface area (Å²) in [7, 11) is -3.23. The monoisotopic (exact) mass is 283 g/mol. The van der Waals surface area contributed by atoms with Crippen molar-refractivity contribution in [2.75, 3.05) is 18.8 Å². The molecule has 0 amide bonds. The van der Waals surface area contributed by atoms with Crippen LogP contribution in [0.5, 0.6) is 0 Å². The van der Waals surface area contributed by atoms with Gasteiger partial charge in [-0.1, -0.05) is 12.5 Å². The number of nitrogens with one attached hydrogen (secondary N) is 2. The largest absolute Gasteiger partial charge is 0.315 e. The first-order valence-electron chi connectivity index (χ1n) is 6.76. The molecule has 5 nitrogen and oxygen atoms in total. The van der Waals surface area contributed by atoms with E-state index in [4.69, 9.17) is 0 Å². The van der Waals surface area contributed by atoms with Crippen LogP contribution in [0.25, 0.3) is 0 Å². The number of pyridine rings is 1. The van der Waals surface area contributed by atoms with E-state index in [-0.39, 0.29) is 11.8 Å². The van der Waals surface area contributed by atoms with Crippen molar-refractivity contribution in [1.29, 1.82) is 0 Å². The molecule has 1 aromatic rings. The number of nitrogens with zero attached hydrogens (tertiary/aromatic N) is 1. The zero-order chi connectivity index (χ0) is 13.6. The van der Waals surface area contributed by atoms with E-state index < -0.39 is 10.0 Å². The third kappa shape index (κ3) is 5.26. The van der Waals surface area contributed by atoms with Crippen LogP contribution in [-0.2, 0) is 16.4 Å². The minimum absolute atomic E-state index is 0.0243. The van der Waals surface area contributed by atoms with Gasteiger partial charge in [0.05, 0.1) is 5.75 Å². The Morgan fingerprint density at radius 2 is 2.26 bits per heavy atom. The molecule has 106 valence electrons. The highest BCUT2D eigenvalue weighted by Gasteiger charge is 2.19. The third-order valence-corrected chi connectivity index (χ3v) is 4.68. The molecular weight excluding hydrogens is 262 g/mol. The quantitative estimate of drug-likeness (QED) is 0.834. The normalized spacial score (nSPS) is 20.9. The molecule has 1 atom stereocenters. The summed E-state index contributed by atoms with van der Waals surface area (Å²) < 4.78 is 26.8. The van der Waals surface area contributed by atoms with Crippen molar-refractivity contribution in [2.45, 2.75) is 31.7 Å². The molecule has 0 aromatic carbocycles. The van der Waals surface area contributed by atoms with Crippen LogP contribution in [-0.4, -0.2) is 38.3 Å². The second-order valence-corrected chi connectivity index (χ2v) is 6.78. The highest BCUT2D eigenvalue weighted by atomic mass is 32.2. The molecule has 1 aromatic heterocycles. The maximum Gasteiger partial charge on any atom is 0.212 e. The zero-order valence-corrected chi connectivity index (χ0v) is 11.8. The van der Waals surface area contributed by atoms with E-state index in [1.807, 2.05) is 18.2 Å². The van der Waals surface area contributed by atoms with E-state index in [2.05, 4.69) is 15.0 Å². The van der Waals surface area contributed by atoms with Gasteiger partial charge in [-0.2, -0.15) is 0 Å². The Bertz CT molecular complexity index is 468. The molecule has 1 unspecified atom stereocenters. The van der Waals surface area contributed by atoms with Crippen molar-refractivity contribution in [2.24, 2.45) is 0 Å². The topological polar surface area (TPSA) is 71.1 Å². The van der Waals surface area contributed by atoms with Gasteiger partial charge in [-0.3, -0.25) is 4.98 Å². The predicted molar refractivity (Wildman–Crippen MR) is 75.4 cm³/mol. The third-order valence-electron chi connectivity index (χ3n) is 3.25. The Morgan fingerprint density at radius 1 is 1.37 bits per heavy atom. The molecule has 1 aliphatic rings. The van der Waals surface area contributed by atoms with E-state index in [0.29, 0.717) is 6.42 Å². The van der Waals surface area contributed by atoms with Gasteiger partial charge >= 0.3 is 0 Å². The van der Waals surface area contributed by atoms with Gasteiger partial charge in [0.1, 0.15) is 0 Å². The molecule has 0 bridgehead atoms. The number of hydrogen-bond acceptors (Lipinski definition) is 4. The lowest BCUT2D eigenvalue weighted by molar-refractivity contribution is 0.521. The van der Waals surface area contributed by atoms with Crippen molar-refractivity contribution >= 4 is 10.0 Å². The molecule has 19 heavy (non-hydrogen) atoms. The summed E-state index contributed by atoms with van der Waals surface area (Å²) >= 11 is 0. The molecular formula is C13H21N3O2S. The van der Waals surface area contributed by atoms with Crippen LogP contribution in [0.3, 0.4) is 0 Å². The molecule has 2 rings (SSSR count). The van der Waals surface area contributed by atoms with Gasteiger partial charge in [0.25, 0.3) is 0 Å². The number of aryl methyl sites for hydroxylation is 1. The van der Waals surface area contributed by atoms with Crippen LogP contribution >= 0.6 is 0 Å². The lowest BCUT2D eigenvalue weighted by Crippen LogP contribution is -2.42. The van der Waals surface area contributed by atoms with Gasteiger partial charge in [0, 0.05) is 30.9 Å². The fourth-order valence-corrected chi connectivity index (χ4v) is 3.52. The summed E-state index contributed by atoms with van der Waals surface area (Å²) in [5, 5.41) is 3.25. The van der Waals surface area contributed by atoms with Gasteiger partial charge in [-0.25, -0.2) is 13.1 Å². The molecule has 0 spiro atoms. The molecule has 0 radical (unpaired) electrons. The maximum atomic E-state index is 12.0. The van der Waals surface area contributed by atoms with E-state index in [9.17, 15) is 8.42 Å². The summed E-state index contributed by atoms with van der Waals surface area (Å²) in [6.07, 6.45) is 5.24. The van der Waals surface area contributed by atoms with Crippen molar-refractivity contribution < 1.29 is 8.42 Å². The summed E-state index contributed by atoms with van der Waals surface area (Å²) in [6, 6.07) is 5.57. The van der Waals surface area contributed by atoms with Crippen LogP contribution in [0.4, 0.5) is 0 Å². The van der Waals surface area contributed by atoms with E-state index in [0.717, 1.165) is 38.0 Å². The highest BCUT2D eigenvalue weighted by molar-refractivity contribution is 7.89. The summed E-state index contributed by atoms with van der Waals surface area (Å²) in [5.41, 5.74) is 0.812. The van der Waals surface area contributed by atoms with E-state index in [1.165, 1.54) is 0 Å². The van der Waals surface area contributed by atoms with Gasteiger partial charge in [0.15, 0.2) is 0 Å². The fraction of sp³-hybridized carbons (Fsp3) is 0.615. The van der Waals surface area contributed by atoms with E-state index in [1.54, 1.807) is 6.20 Å². The van der Waals surface area contributed by atoms with Crippen LogP contribution in [0, 0.1) is 0 Å². The average molecular weight is 283 g/mol. The first-order valence-corrected chi connectivity index (χ1v) is 8.41. The van der Waals surface area contributed by atoms with Crippen molar-refractivity contribution in [3.63, 3.8) is 0 Å². The Morgan fingerprint density at radius 3 is 3.05 bits per heavy atom. The first-order chi connectivity index (χ1) is 9.16. The number of rotatable bonds is 5. The van der Waals surface area contributed by atoms with Crippen molar-refractivity contribution in [3.05, 3.63) is 30.1 Å². The Balaban J connectivity index is 1.84. The molecule has 1 saturated heterocycles. The number of sulfonamides is 1. The Labute approximate surface area is 114 Å². The van der Waals surface area contributed by atoms with Crippen molar-refractivity contribution in [1.82, 2.24) is 15.0 Å². The van der Waals surface area contributed by atoms with Gasteiger partial charge in [-0.05, 0) is 31.5 Å². The second-order valence-electron chi connectivity index (χ2n) is 4.90. The molecule has 0 saturated carbocycles. The molecule has 0 aliphatic carbocycles. The molecule has 1 aliphatic heterocycles. The van der Waals surface area contributed by atoms with Gasteiger partial charge in [-0.15, -0.1) is 0 Å². The molecule has 2 N–H and O–H groups in total. The first kappa shape index (κ1) is 14.4. The minimum Gasteiger partial charge on any atom is -0.315 e. The summed E-state index contributed by atoms with van der Waals surface area (Å²) in [6.45, 7) is 1.70. The molecule has 2 heterocycles. The SMILES string of the molecule is O=S(=O)(CCc1ccccn1)NC1CCCCNC1. The standard InChI is InChI=1S/C13H21N3O2S/c17-19(18,10-7-12-5-2-4-9-15-12)16-13-6-1-3-8-14-11-13/h2,4-5,9,13-14,16H,1,3,6-8,10-11H2. The Hall–Kier alpha value is -0.980. The molecule has 1 fully saturated rings. The van der Waals surface area contributed by atoms with E-state index >= 15 is 0 Å². The van der Waals surface area contributed by atoms with Crippen LogP contribution in [0.15, 0.2) is 24.4 Å². The second kappa shape index (κ2) is 6.98. The highest BCUT2D eigenvalue weighted by Crippen LogP contribution is 2.06. The lowest BCUT2D eigenvalue weighted by atomic mass is 10.2. The van der Waals surface area contributed by atoms with Gasteiger partial charge in [0.2, 0.25) is 10.0 Å². The van der Waals surface area contributed by atoms with Crippen LogP contribution in [0.2, 0.25) is 0 Å². The maximum absolute atomic E-state index is 12.0. The van der Waals surface area contributed by atoms with Crippen molar-refractivity contribution in [3.8, 4) is 0 Å². The number of hydrogen-bond donors (Lipinski definition) is 2. The fourth-order valence-electron chi connectivity index (χ4n) is 2.22. The Kier molecular flexibility index (Phi) is 5.30. The number of aromatic nitrogens is 1.